The van der Waals surface area contributed by atoms with Crippen LogP contribution in [-0.2, 0) is 0 Å². The first-order valence-corrected chi connectivity index (χ1v) is 6.86. The number of piperidine rings is 1. The van der Waals surface area contributed by atoms with Crippen LogP contribution in [0, 0.1) is 5.92 Å². The molecule has 4 nitrogen and oxygen atoms in total. The maximum absolute atomic E-state index is 10.3. The van der Waals surface area contributed by atoms with E-state index in [4.69, 9.17) is 0 Å². The Hall–Kier alpha value is -1.65. The van der Waals surface area contributed by atoms with E-state index in [0.29, 0.717) is 6.54 Å². The van der Waals surface area contributed by atoms with Crippen LogP contribution in [0.4, 0.5) is 0 Å². The van der Waals surface area contributed by atoms with Gasteiger partial charge in [-0.2, -0.15) is 0 Å². The van der Waals surface area contributed by atoms with Crippen molar-refractivity contribution in [3.63, 3.8) is 0 Å². The first-order chi connectivity index (χ1) is 9.36. The van der Waals surface area contributed by atoms with Crippen LogP contribution >= 0.6 is 0 Å². The van der Waals surface area contributed by atoms with Gasteiger partial charge in [-0.05, 0) is 18.5 Å². The third-order valence-corrected chi connectivity index (χ3v) is 4.43. The maximum Gasteiger partial charge on any atom is 0.0956 e. The molecule has 0 unspecified atom stereocenters. The van der Waals surface area contributed by atoms with Crippen LogP contribution in [0.25, 0.3) is 11.3 Å². The normalized spacial score (nSPS) is 29.0. The van der Waals surface area contributed by atoms with Crippen LogP contribution in [0.5, 0.6) is 0 Å². The molecule has 2 aromatic rings. The summed E-state index contributed by atoms with van der Waals surface area (Å²) in [4.78, 5) is 4.28. The van der Waals surface area contributed by atoms with Gasteiger partial charge in [-0.15, -0.1) is 0 Å². The molecule has 1 aromatic carbocycles. The zero-order valence-corrected chi connectivity index (χ0v) is 10.7. The number of aliphatic hydroxyl groups excluding tert-OH is 1. The van der Waals surface area contributed by atoms with Crippen molar-refractivity contribution >= 4 is 0 Å². The number of nitrogens with one attached hydrogen (secondary N) is 1. The van der Waals surface area contributed by atoms with Crippen molar-refractivity contribution < 1.29 is 5.11 Å². The van der Waals surface area contributed by atoms with Crippen LogP contribution in [0.3, 0.4) is 0 Å². The molecule has 98 valence electrons. The fourth-order valence-corrected chi connectivity index (χ4v) is 3.54. The Bertz CT molecular complexity index is 607. The van der Waals surface area contributed by atoms with Gasteiger partial charge in [0.15, 0.2) is 0 Å². The number of aromatic nitrogens is 2. The topological polar surface area (TPSA) is 50.1 Å². The number of hydrogen-bond acceptors (Lipinski definition) is 3. The Labute approximate surface area is 112 Å². The van der Waals surface area contributed by atoms with E-state index < -0.39 is 0 Å². The molecule has 3 heterocycles. The Balaban J connectivity index is 1.84. The minimum atomic E-state index is -0.292. The van der Waals surface area contributed by atoms with Crippen molar-refractivity contribution in [2.24, 2.45) is 5.92 Å². The minimum Gasteiger partial charge on any atom is -0.391 e. The lowest BCUT2D eigenvalue weighted by Crippen LogP contribution is -2.43. The first kappa shape index (κ1) is 11.2. The van der Waals surface area contributed by atoms with Crippen molar-refractivity contribution in [1.29, 1.82) is 0 Å². The first-order valence-electron chi connectivity index (χ1n) is 6.86. The van der Waals surface area contributed by atoms with Crippen LogP contribution in [0.15, 0.2) is 36.8 Å². The summed E-state index contributed by atoms with van der Waals surface area (Å²) in [5.74, 6) is 0.262. The van der Waals surface area contributed by atoms with Crippen LogP contribution in [0.1, 0.15) is 18.0 Å². The van der Waals surface area contributed by atoms with Crippen molar-refractivity contribution in [2.45, 2.75) is 18.6 Å². The van der Waals surface area contributed by atoms with Crippen LogP contribution in [0.2, 0.25) is 0 Å². The van der Waals surface area contributed by atoms with Gasteiger partial charge in [0.1, 0.15) is 0 Å². The van der Waals surface area contributed by atoms with E-state index in [1.807, 2.05) is 12.5 Å². The van der Waals surface area contributed by atoms with E-state index in [9.17, 15) is 5.11 Å². The predicted octanol–water partition coefficient (Wildman–Crippen LogP) is 1.42. The molecule has 2 N–H and O–H groups in total. The maximum atomic E-state index is 10.3. The van der Waals surface area contributed by atoms with E-state index in [1.165, 1.54) is 16.8 Å². The van der Waals surface area contributed by atoms with E-state index >= 15 is 0 Å². The Morgan fingerprint density at radius 3 is 3.11 bits per heavy atom. The molecule has 2 aliphatic rings. The lowest BCUT2D eigenvalue weighted by atomic mass is 9.84. The number of imidazole rings is 1. The number of fused-ring (bicyclic) bond motifs is 3. The number of hydrogen-bond donors (Lipinski definition) is 2. The number of β-amino-alcohol motifs (C(OH)–C–C–N with tert-alkyl or cyclic N) is 1. The fourth-order valence-electron chi connectivity index (χ4n) is 3.54. The Kier molecular flexibility index (Phi) is 2.47. The standard InChI is InChI=1S/C15H17N3O/c19-14-8-16-6-5-12(14)15-11-4-2-1-3-10(11)13-7-17-9-18(13)15/h1-4,7,9,12,14-16,19H,5-6,8H2/t12-,14-,15+/m0/s1. The summed E-state index contributed by atoms with van der Waals surface area (Å²) in [6, 6.07) is 8.71. The molecular weight excluding hydrogens is 238 g/mol. The summed E-state index contributed by atoms with van der Waals surface area (Å²) in [5.41, 5.74) is 3.76. The predicted molar refractivity (Wildman–Crippen MR) is 72.8 cm³/mol. The third kappa shape index (κ3) is 1.57. The summed E-state index contributed by atoms with van der Waals surface area (Å²) in [6.07, 6.45) is 4.53. The highest BCUT2D eigenvalue weighted by atomic mass is 16.3. The van der Waals surface area contributed by atoms with E-state index in [-0.39, 0.29) is 18.1 Å². The molecule has 0 radical (unpaired) electrons. The van der Waals surface area contributed by atoms with Gasteiger partial charge in [-0.3, -0.25) is 0 Å². The molecule has 3 atom stereocenters. The smallest absolute Gasteiger partial charge is 0.0956 e. The SMILES string of the molecule is O[C@H]1CNCC[C@@H]1[C@H]1c2ccccc2-c2cncn21. The number of nitrogens with zero attached hydrogens (tertiary/aromatic N) is 2. The molecule has 1 fully saturated rings. The second-order valence-electron chi connectivity index (χ2n) is 5.44. The molecule has 2 aliphatic heterocycles. The Morgan fingerprint density at radius 2 is 2.21 bits per heavy atom. The monoisotopic (exact) mass is 255 g/mol. The van der Waals surface area contributed by atoms with Gasteiger partial charge < -0.3 is 15.0 Å². The van der Waals surface area contributed by atoms with Crippen LogP contribution < -0.4 is 5.32 Å². The minimum absolute atomic E-state index is 0.228. The molecule has 19 heavy (non-hydrogen) atoms. The molecule has 4 rings (SSSR count). The second kappa shape index (κ2) is 4.18. The molecule has 4 heteroatoms. The lowest BCUT2D eigenvalue weighted by Gasteiger charge is -2.34. The molecule has 1 aromatic heterocycles. The lowest BCUT2D eigenvalue weighted by molar-refractivity contribution is 0.0618. The molecule has 0 aliphatic carbocycles. The summed E-state index contributed by atoms with van der Waals surface area (Å²) in [5, 5.41) is 13.6. The zero-order chi connectivity index (χ0) is 12.8. The average molecular weight is 255 g/mol. The van der Waals surface area contributed by atoms with Gasteiger partial charge in [-0.1, -0.05) is 24.3 Å². The molecule has 1 saturated heterocycles. The summed E-state index contributed by atoms with van der Waals surface area (Å²) in [6.45, 7) is 1.66. The van der Waals surface area contributed by atoms with Gasteiger partial charge in [-0.25, -0.2) is 4.98 Å². The fraction of sp³-hybridized carbons (Fsp3) is 0.400. The van der Waals surface area contributed by atoms with Gasteiger partial charge in [0.25, 0.3) is 0 Å². The van der Waals surface area contributed by atoms with Crippen molar-refractivity contribution in [1.82, 2.24) is 14.9 Å². The molecule has 0 spiro atoms. The highest BCUT2D eigenvalue weighted by Gasteiger charge is 2.38. The number of aliphatic hydroxyl groups is 1. The average Bonchev–Trinajstić information content (AvgIpc) is 3.00. The second-order valence-corrected chi connectivity index (χ2v) is 5.44. The largest absolute Gasteiger partial charge is 0.391 e. The number of rotatable bonds is 1. The van der Waals surface area contributed by atoms with Crippen LogP contribution in [-0.4, -0.2) is 33.9 Å². The summed E-state index contributed by atoms with van der Waals surface area (Å²) in [7, 11) is 0. The summed E-state index contributed by atoms with van der Waals surface area (Å²) < 4.78 is 2.23. The molecular formula is C15H17N3O. The zero-order valence-electron chi connectivity index (χ0n) is 10.7. The van der Waals surface area contributed by atoms with Gasteiger partial charge in [0, 0.05) is 18.0 Å². The van der Waals surface area contributed by atoms with Crippen molar-refractivity contribution in [3.05, 3.63) is 42.4 Å². The third-order valence-electron chi connectivity index (χ3n) is 4.43. The molecule has 0 amide bonds. The van der Waals surface area contributed by atoms with Crippen molar-refractivity contribution in [2.75, 3.05) is 13.1 Å². The van der Waals surface area contributed by atoms with Gasteiger partial charge >= 0.3 is 0 Å². The van der Waals surface area contributed by atoms with Gasteiger partial charge in [0.05, 0.1) is 30.4 Å². The van der Waals surface area contributed by atoms with E-state index in [1.54, 1.807) is 0 Å². The van der Waals surface area contributed by atoms with Crippen molar-refractivity contribution in [3.8, 4) is 11.3 Å². The Morgan fingerprint density at radius 1 is 1.32 bits per heavy atom. The number of benzene rings is 1. The van der Waals surface area contributed by atoms with Gasteiger partial charge in [0.2, 0.25) is 0 Å². The highest BCUT2D eigenvalue weighted by Crippen LogP contribution is 2.44. The quantitative estimate of drug-likeness (QED) is 0.810. The van der Waals surface area contributed by atoms with E-state index in [2.05, 4.69) is 39.1 Å². The van der Waals surface area contributed by atoms with E-state index in [0.717, 1.165) is 13.0 Å². The molecule has 0 saturated carbocycles. The molecule has 0 bridgehead atoms. The summed E-state index contributed by atoms with van der Waals surface area (Å²) >= 11 is 0. The highest BCUT2D eigenvalue weighted by molar-refractivity contribution is 5.69.